The Morgan fingerprint density at radius 3 is 2.50 bits per heavy atom. The van der Waals surface area contributed by atoms with E-state index in [0.29, 0.717) is 13.1 Å². The van der Waals surface area contributed by atoms with E-state index in [1.54, 1.807) is 6.20 Å². The molecule has 0 amide bonds. The van der Waals surface area contributed by atoms with E-state index in [0.717, 1.165) is 27.8 Å². The highest BCUT2D eigenvalue weighted by Crippen LogP contribution is 2.38. The van der Waals surface area contributed by atoms with E-state index in [1.165, 1.54) is 10.6 Å². The molecular formula is C21H30N4O3SSi. The lowest BCUT2D eigenvalue weighted by Gasteiger charge is -2.39. The summed E-state index contributed by atoms with van der Waals surface area (Å²) >= 11 is 0. The molecule has 1 aliphatic rings. The Morgan fingerprint density at radius 2 is 1.83 bits per heavy atom. The second-order valence-corrected chi connectivity index (χ2v) is 16.4. The Kier molecular flexibility index (Phi) is 5.08. The molecule has 9 heteroatoms. The predicted molar refractivity (Wildman–Crippen MR) is 122 cm³/mol. The van der Waals surface area contributed by atoms with Gasteiger partial charge in [0, 0.05) is 11.9 Å². The lowest BCUT2D eigenvalue weighted by Crippen LogP contribution is -2.48. The third-order valence-corrected chi connectivity index (χ3v) is 12.2. The monoisotopic (exact) mass is 446 g/mol. The average molecular weight is 447 g/mol. The van der Waals surface area contributed by atoms with Crippen LogP contribution in [0.5, 0.6) is 0 Å². The minimum atomic E-state index is -3.40. The highest BCUT2D eigenvalue weighted by molar-refractivity contribution is 7.88. The van der Waals surface area contributed by atoms with Gasteiger partial charge in [0.1, 0.15) is 11.3 Å². The topological polar surface area (TPSA) is 77.3 Å². The number of para-hydroxylation sites is 1. The first-order chi connectivity index (χ1) is 13.9. The summed E-state index contributed by atoms with van der Waals surface area (Å²) in [5.74, 6) is 0.731. The first kappa shape index (κ1) is 21.4. The fraction of sp³-hybridized carbons (Fsp3) is 0.524. The molecule has 0 spiro atoms. The maximum absolute atomic E-state index is 12.5. The zero-order chi connectivity index (χ0) is 21.9. The van der Waals surface area contributed by atoms with Crippen LogP contribution in [0.3, 0.4) is 0 Å². The second kappa shape index (κ2) is 7.12. The van der Waals surface area contributed by atoms with Crippen LogP contribution < -0.4 is 0 Å². The highest BCUT2D eigenvalue weighted by Gasteiger charge is 2.41. The number of sulfonamides is 1. The summed E-state index contributed by atoms with van der Waals surface area (Å²) < 4.78 is 35.4. The number of hydrogen-bond acceptors (Lipinski definition) is 5. The molecule has 0 saturated carbocycles. The Labute approximate surface area is 179 Å². The molecule has 1 unspecified atom stereocenters. The van der Waals surface area contributed by atoms with Gasteiger partial charge < -0.3 is 8.99 Å². The van der Waals surface area contributed by atoms with Crippen LogP contribution in [-0.2, 0) is 27.5 Å². The molecule has 7 nitrogen and oxygen atoms in total. The van der Waals surface area contributed by atoms with E-state index in [4.69, 9.17) is 9.41 Å². The summed E-state index contributed by atoms with van der Waals surface area (Å²) in [6, 6.07) is 7.99. The molecule has 3 heterocycles. The Balaban J connectivity index is 1.87. The Morgan fingerprint density at radius 1 is 1.13 bits per heavy atom. The standard InChI is InChI=1S/C21H30N4O3SSi/c1-21(2,3)30(5,6)28-15-12-24(29(4,26)27)14-19-23-18-11-22-17-10-8-7-9-16(17)20(18)25(19)13-15/h7-11,15H,12-14H2,1-6H3. The molecule has 4 rings (SSSR count). The summed E-state index contributed by atoms with van der Waals surface area (Å²) in [5, 5.41) is 1.05. The Hall–Kier alpha value is -1.81. The summed E-state index contributed by atoms with van der Waals surface area (Å²) in [6.07, 6.45) is 2.78. The number of benzene rings is 1. The van der Waals surface area contributed by atoms with Crippen LogP contribution in [0.2, 0.25) is 18.1 Å². The fourth-order valence-corrected chi connectivity index (χ4v) is 5.88. The lowest BCUT2D eigenvalue weighted by molar-refractivity contribution is 0.145. The molecule has 0 aliphatic carbocycles. The Bertz CT molecular complexity index is 1210. The van der Waals surface area contributed by atoms with Crippen molar-refractivity contribution < 1.29 is 12.8 Å². The van der Waals surface area contributed by atoms with Crippen molar-refractivity contribution in [1.82, 2.24) is 18.8 Å². The summed E-state index contributed by atoms with van der Waals surface area (Å²) in [4.78, 5) is 9.28. The van der Waals surface area contributed by atoms with Crippen LogP contribution in [0.25, 0.3) is 21.9 Å². The second-order valence-electron chi connectivity index (χ2n) is 9.70. The van der Waals surface area contributed by atoms with Crippen LogP contribution in [0.4, 0.5) is 0 Å². The molecule has 0 saturated heterocycles. The maximum Gasteiger partial charge on any atom is 0.211 e. The van der Waals surface area contributed by atoms with Crippen molar-refractivity contribution in [2.24, 2.45) is 0 Å². The highest BCUT2D eigenvalue weighted by atomic mass is 32.2. The zero-order valence-electron chi connectivity index (χ0n) is 18.5. The summed E-state index contributed by atoms with van der Waals surface area (Å²) in [7, 11) is -5.49. The zero-order valence-corrected chi connectivity index (χ0v) is 20.3. The molecule has 1 aliphatic heterocycles. The van der Waals surface area contributed by atoms with Crippen molar-refractivity contribution in [1.29, 1.82) is 0 Å². The van der Waals surface area contributed by atoms with Crippen molar-refractivity contribution in [2.45, 2.75) is 58.1 Å². The quantitative estimate of drug-likeness (QED) is 0.573. The predicted octanol–water partition coefficient (Wildman–Crippen LogP) is 3.75. The van der Waals surface area contributed by atoms with Crippen LogP contribution in [0.15, 0.2) is 30.5 Å². The molecule has 2 aromatic heterocycles. The van der Waals surface area contributed by atoms with Gasteiger partial charge in [-0.15, -0.1) is 0 Å². The van der Waals surface area contributed by atoms with Crippen molar-refractivity contribution in [3.63, 3.8) is 0 Å². The summed E-state index contributed by atoms with van der Waals surface area (Å²) in [5.41, 5.74) is 2.68. The molecule has 0 radical (unpaired) electrons. The van der Waals surface area contributed by atoms with E-state index in [2.05, 4.69) is 43.4 Å². The maximum atomic E-state index is 12.5. The molecule has 30 heavy (non-hydrogen) atoms. The van der Waals surface area contributed by atoms with Gasteiger partial charge in [-0.3, -0.25) is 4.98 Å². The van der Waals surface area contributed by atoms with Gasteiger partial charge in [0.25, 0.3) is 0 Å². The van der Waals surface area contributed by atoms with E-state index in [1.807, 2.05) is 24.3 Å². The van der Waals surface area contributed by atoms with E-state index in [9.17, 15) is 8.42 Å². The van der Waals surface area contributed by atoms with Gasteiger partial charge in [-0.05, 0) is 24.2 Å². The van der Waals surface area contributed by atoms with E-state index >= 15 is 0 Å². The SMILES string of the molecule is CC(C)(C)[Si](C)(C)OC1CN(S(C)(=O)=O)Cc2nc3cnc4ccccc4c3n2C1. The lowest BCUT2D eigenvalue weighted by atomic mass is 10.2. The normalized spacial score (nSPS) is 19.2. The van der Waals surface area contributed by atoms with E-state index in [-0.39, 0.29) is 17.7 Å². The number of imidazole rings is 1. The molecule has 1 aromatic carbocycles. The van der Waals surface area contributed by atoms with Gasteiger partial charge >= 0.3 is 0 Å². The molecule has 162 valence electrons. The fourth-order valence-electron chi connectivity index (χ4n) is 3.76. The van der Waals surface area contributed by atoms with Crippen molar-refractivity contribution in [2.75, 3.05) is 12.8 Å². The van der Waals surface area contributed by atoms with Crippen LogP contribution >= 0.6 is 0 Å². The molecule has 1 atom stereocenters. The smallest absolute Gasteiger partial charge is 0.211 e. The number of aromatic nitrogens is 3. The summed E-state index contributed by atoms with van der Waals surface area (Å²) in [6.45, 7) is 12.1. The molecule has 0 bridgehead atoms. The largest absolute Gasteiger partial charge is 0.411 e. The van der Waals surface area contributed by atoms with Crippen LogP contribution in [0, 0.1) is 0 Å². The first-order valence-corrected chi connectivity index (χ1v) is 15.0. The minimum Gasteiger partial charge on any atom is -0.411 e. The van der Waals surface area contributed by atoms with Gasteiger partial charge in [0.15, 0.2) is 8.32 Å². The number of hydrogen-bond donors (Lipinski definition) is 0. The minimum absolute atomic E-state index is 0.0334. The number of fused-ring (bicyclic) bond motifs is 5. The number of nitrogens with zero attached hydrogens (tertiary/aromatic N) is 4. The van der Waals surface area contributed by atoms with Gasteiger partial charge in [0.05, 0.1) is 42.7 Å². The third-order valence-electron chi connectivity index (χ3n) is 6.41. The average Bonchev–Trinajstić information content (AvgIpc) is 2.86. The van der Waals surface area contributed by atoms with Gasteiger partial charge in [-0.2, -0.15) is 4.31 Å². The van der Waals surface area contributed by atoms with E-state index < -0.39 is 18.3 Å². The molecule has 0 fully saturated rings. The van der Waals surface area contributed by atoms with Crippen LogP contribution in [-0.4, -0.2) is 54.5 Å². The molecular weight excluding hydrogens is 416 g/mol. The van der Waals surface area contributed by atoms with Crippen molar-refractivity contribution in [3.05, 3.63) is 36.3 Å². The van der Waals surface area contributed by atoms with Crippen LogP contribution in [0.1, 0.15) is 26.6 Å². The third kappa shape index (κ3) is 3.79. The number of pyridine rings is 1. The van der Waals surface area contributed by atoms with Crippen molar-refractivity contribution in [3.8, 4) is 0 Å². The van der Waals surface area contributed by atoms with Crippen molar-refractivity contribution >= 4 is 40.3 Å². The van der Waals surface area contributed by atoms with Gasteiger partial charge in [0.2, 0.25) is 10.0 Å². The molecule has 3 aromatic rings. The van der Waals surface area contributed by atoms with Gasteiger partial charge in [-0.25, -0.2) is 13.4 Å². The van der Waals surface area contributed by atoms with Gasteiger partial charge in [-0.1, -0.05) is 39.0 Å². The number of rotatable bonds is 3. The molecule has 0 N–H and O–H groups in total. The first-order valence-electron chi connectivity index (χ1n) is 10.2.